The first-order valence-corrected chi connectivity index (χ1v) is 12.2. The Hall–Kier alpha value is -2.95. The molecule has 4 rings (SSSR count). The van der Waals surface area contributed by atoms with Crippen molar-refractivity contribution in [2.75, 3.05) is 40.0 Å². The number of aromatic nitrogens is 1. The number of methoxy groups -OCH3 is 1. The maximum atomic E-state index is 14.7. The van der Waals surface area contributed by atoms with E-state index in [2.05, 4.69) is 9.88 Å². The van der Waals surface area contributed by atoms with Crippen LogP contribution in [0, 0.1) is 28.7 Å². The van der Waals surface area contributed by atoms with Gasteiger partial charge in [-0.3, -0.25) is 9.88 Å². The summed E-state index contributed by atoms with van der Waals surface area (Å²) in [6, 6.07) is 6.70. The van der Waals surface area contributed by atoms with E-state index in [1.807, 2.05) is 0 Å². The molecule has 6 nitrogen and oxygen atoms in total. The number of fused-ring (bicyclic) bond motifs is 1. The minimum atomic E-state index is -1.53. The molecule has 200 valence electrons. The van der Waals surface area contributed by atoms with Crippen molar-refractivity contribution in [3.8, 4) is 11.5 Å². The van der Waals surface area contributed by atoms with Crippen LogP contribution in [0.4, 0.5) is 17.6 Å². The summed E-state index contributed by atoms with van der Waals surface area (Å²) in [4.78, 5) is 6.19. The Morgan fingerprint density at radius 1 is 1.03 bits per heavy atom. The largest absolute Gasteiger partial charge is 0.497 e. The Bertz CT molecular complexity index is 1210. The summed E-state index contributed by atoms with van der Waals surface area (Å²) in [6.45, 7) is 1.88. The van der Waals surface area contributed by atoms with Crippen molar-refractivity contribution >= 4 is 10.9 Å². The first kappa shape index (κ1) is 27.1. The zero-order valence-corrected chi connectivity index (χ0v) is 20.5. The summed E-state index contributed by atoms with van der Waals surface area (Å²) in [7, 11) is 1.51. The molecule has 1 aromatic heterocycles. The maximum absolute atomic E-state index is 14.7. The van der Waals surface area contributed by atoms with Gasteiger partial charge in [0.2, 0.25) is 0 Å². The highest BCUT2D eigenvalue weighted by molar-refractivity contribution is 5.84. The number of halogens is 4. The summed E-state index contributed by atoms with van der Waals surface area (Å²) in [5.41, 5.74) is 0.299. The first-order chi connectivity index (χ1) is 17.7. The van der Waals surface area contributed by atoms with E-state index in [9.17, 15) is 27.8 Å². The number of benzene rings is 2. The molecule has 1 saturated heterocycles. The van der Waals surface area contributed by atoms with Crippen LogP contribution in [-0.2, 0) is 0 Å². The van der Waals surface area contributed by atoms with Gasteiger partial charge in [0.1, 0.15) is 23.9 Å². The molecule has 0 amide bonds. The molecule has 3 aromatic rings. The molecule has 2 aromatic carbocycles. The lowest BCUT2D eigenvalue weighted by molar-refractivity contribution is 0.0202. The van der Waals surface area contributed by atoms with Crippen LogP contribution in [0.15, 0.2) is 36.5 Å². The molecule has 0 radical (unpaired) electrons. The van der Waals surface area contributed by atoms with Gasteiger partial charge < -0.3 is 19.7 Å². The number of pyridine rings is 1. The molecule has 0 spiro atoms. The van der Waals surface area contributed by atoms with Gasteiger partial charge in [-0.2, -0.15) is 0 Å². The zero-order valence-electron chi connectivity index (χ0n) is 20.5. The fraction of sp³-hybridized carbons (Fsp3) is 0.444. The third-order valence-corrected chi connectivity index (χ3v) is 7.24. The van der Waals surface area contributed by atoms with E-state index in [-0.39, 0.29) is 30.9 Å². The summed E-state index contributed by atoms with van der Waals surface area (Å²) in [5.74, 6) is -4.29. The average Bonchev–Trinajstić information content (AvgIpc) is 2.90. The molecule has 2 heterocycles. The number of ether oxygens (including phenoxy) is 2. The first-order valence-electron chi connectivity index (χ1n) is 12.2. The van der Waals surface area contributed by atoms with Crippen LogP contribution in [0.3, 0.4) is 0 Å². The van der Waals surface area contributed by atoms with E-state index < -0.39 is 34.8 Å². The minimum absolute atomic E-state index is 0.0639. The number of rotatable bonds is 10. The molecule has 0 aliphatic carbocycles. The van der Waals surface area contributed by atoms with Gasteiger partial charge in [-0.1, -0.05) is 0 Å². The predicted molar refractivity (Wildman–Crippen MR) is 129 cm³/mol. The Labute approximate surface area is 212 Å². The summed E-state index contributed by atoms with van der Waals surface area (Å²) in [6.07, 6.45) is 2.09. The number of aliphatic hydroxyl groups excluding tert-OH is 2. The van der Waals surface area contributed by atoms with Crippen LogP contribution in [0.2, 0.25) is 0 Å². The molecule has 37 heavy (non-hydrogen) atoms. The smallest absolute Gasteiger partial charge is 0.194 e. The Kier molecular flexibility index (Phi) is 8.51. The van der Waals surface area contributed by atoms with Crippen molar-refractivity contribution < 1.29 is 37.2 Å². The van der Waals surface area contributed by atoms with E-state index in [4.69, 9.17) is 9.47 Å². The lowest BCUT2D eigenvalue weighted by Gasteiger charge is -2.41. The molecule has 1 atom stereocenters. The van der Waals surface area contributed by atoms with Gasteiger partial charge in [-0.25, -0.2) is 17.6 Å². The van der Waals surface area contributed by atoms with Crippen LogP contribution in [0.25, 0.3) is 10.9 Å². The second-order valence-corrected chi connectivity index (χ2v) is 9.51. The van der Waals surface area contributed by atoms with Gasteiger partial charge in [0, 0.05) is 36.2 Å². The highest BCUT2D eigenvalue weighted by Gasteiger charge is 2.35. The van der Waals surface area contributed by atoms with Crippen LogP contribution < -0.4 is 9.47 Å². The molecule has 0 bridgehead atoms. The quantitative estimate of drug-likeness (QED) is 0.295. The van der Waals surface area contributed by atoms with E-state index in [1.165, 1.54) is 7.11 Å². The normalized spacial score (nSPS) is 16.6. The highest BCUT2D eigenvalue weighted by Crippen LogP contribution is 2.39. The van der Waals surface area contributed by atoms with Crippen molar-refractivity contribution in [2.24, 2.45) is 5.41 Å². The van der Waals surface area contributed by atoms with E-state index in [0.717, 1.165) is 18.3 Å². The number of hydrogen-bond acceptors (Lipinski definition) is 6. The third kappa shape index (κ3) is 6.14. The van der Waals surface area contributed by atoms with Gasteiger partial charge in [0.15, 0.2) is 17.5 Å². The topological polar surface area (TPSA) is 75.0 Å². The van der Waals surface area contributed by atoms with Crippen molar-refractivity contribution in [1.29, 1.82) is 0 Å². The van der Waals surface area contributed by atoms with Crippen LogP contribution in [0.1, 0.15) is 37.4 Å². The van der Waals surface area contributed by atoms with Gasteiger partial charge in [0.05, 0.1) is 24.9 Å². The number of piperidine rings is 1. The van der Waals surface area contributed by atoms with Crippen LogP contribution >= 0.6 is 0 Å². The number of nitrogens with zero attached hydrogens (tertiary/aromatic N) is 2. The lowest BCUT2D eigenvalue weighted by atomic mass is 9.74. The van der Waals surface area contributed by atoms with Crippen molar-refractivity contribution in [3.05, 3.63) is 65.4 Å². The van der Waals surface area contributed by atoms with Crippen LogP contribution in [-0.4, -0.2) is 60.1 Å². The molecule has 0 saturated carbocycles. The fourth-order valence-electron chi connectivity index (χ4n) is 4.87. The lowest BCUT2D eigenvalue weighted by Crippen LogP contribution is -2.43. The molecule has 0 unspecified atom stereocenters. The van der Waals surface area contributed by atoms with Gasteiger partial charge >= 0.3 is 0 Å². The van der Waals surface area contributed by atoms with Gasteiger partial charge in [-0.05, 0) is 62.4 Å². The summed E-state index contributed by atoms with van der Waals surface area (Å²) >= 11 is 0. The fourth-order valence-corrected chi connectivity index (χ4v) is 4.87. The SMILES string of the molecule is COc1ccc2ncc(F)c([C@@H](O)CCC3(CO)CCN(CCOc4cc(F)c(F)c(F)c4)CC3)c2c1. The summed E-state index contributed by atoms with van der Waals surface area (Å²) in [5, 5.41) is 21.6. The average molecular weight is 523 g/mol. The molecule has 10 heteroatoms. The number of hydrogen-bond donors (Lipinski definition) is 2. The number of aliphatic hydroxyl groups is 2. The van der Waals surface area contributed by atoms with Crippen molar-refractivity contribution in [2.45, 2.75) is 31.8 Å². The summed E-state index contributed by atoms with van der Waals surface area (Å²) < 4.78 is 65.1. The monoisotopic (exact) mass is 522 g/mol. The molecule has 1 fully saturated rings. The Morgan fingerprint density at radius 2 is 1.73 bits per heavy atom. The predicted octanol–water partition coefficient (Wildman–Crippen LogP) is 4.77. The molecule has 1 aliphatic rings. The third-order valence-electron chi connectivity index (χ3n) is 7.24. The molecule has 2 N–H and O–H groups in total. The minimum Gasteiger partial charge on any atom is -0.497 e. The van der Waals surface area contributed by atoms with Gasteiger partial charge in [0.25, 0.3) is 0 Å². The Morgan fingerprint density at radius 3 is 2.38 bits per heavy atom. The second kappa shape index (κ2) is 11.6. The molecular formula is C27H30F4N2O4. The molecule has 1 aliphatic heterocycles. The van der Waals surface area contributed by atoms with Gasteiger partial charge in [-0.15, -0.1) is 0 Å². The van der Waals surface area contributed by atoms with E-state index in [1.54, 1.807) is 18.2 Å². The van der Waals surface area contributed by atoms with E-state index >= 15 is 0 Å². The maximum Gasteiger partial charge on any atom is 0.194 e. The Balaban J connectivity index is 1.32. The molecular weight excluding hydrogens is 492 g/mol. The zero-order chi connectivity index (χ0) is 26.6. The highest BCUT2D eigenvalue weighted by atomic mass is 19.2. The standard InChI is InChI=1S/C27H30F4N2O4/c1-36-17-2-3-23-19(12-17)25(22(30)15-32-23)24(35)4-5-27(16-34)6-8-33(9-7-27)10-11-37-18-13-20(28)26(31)21(29)14-18/h2-3,12-15,24,34-35H,4-11,16H2,1H3/t24-/m0/s1. The van der Waals surface area contributed by atoms with E-state index in [0.29, 0.717) is 55.5 Å². The van der Waals surface area contributed by atoms with Crippen LogP contribution in [0.5, 0.6) is 11.5 Å². The van der Waals surface area contributed by atoms with Crippen molar-refractivity contribution in [3.63, 3.8) is 0 Å². The van der Waals surface area contributed by atoms with Crippen molar-refractivity contribution in [1.82, 2.24) is 9.88 Å². The second-order valence-electron chi connectivity index (χ2n) is 9.51. The number of likely N-dealkylation sites (tertiary alicyclic amines) is 1.